The summed E-state index contributed by atoms with van der Waals surface area (Å²) in [7, 11) is 1.99. The van der Waals surface area contributed by atoms with Gasteiger partial charge in [0.1, 0.15) is 0 Å². The molecule has 0 spiro atoms. The first kappa shape index (κ1) is 20.3. The number of likely N-dealkylation sites (tertiary alicyclic amines) is 1. The summed E-state index contributed by atoms with van der Waals surface area (Å²) >= 11 is 0. The van der Waals surface area contributed by atoms with E-state index in [0.717, 1.165) is 51.1 Å². The molecule has 4 rings (SSSR count). The summed E-state index contributed by atoms with van der Waals surface area (Å²) < 4.78 is 0. The van der Waals surface area contributed by atoms with Crippen molar-refractivity contribution in [2.75, 3.05) is 31.6 Å². The third-order valence-corrected chi connectivity index (χ3v) is 5.82. The lowest BCUT2D eigenvalue weighted by Crippen LogP contribution is -2.33. The number of nitrogens with one attached hydrogen (secondary N) is 1. The molecule has 3 aromatic rings. The van der Waals surface area contributed by atoms with Gasteiger partial charge in [0, 0.05) is 44.5 Å². The van der Waals surface area contributed by atoms with Crippen LogP contribution < -0.4 is 10.5 Å². The van der Waals surface area contributed by atoms with Crippen molar-refractivity contribution in [2.24, 2.45) is 0 Å². The van der Waals surface area contributed by atoms with E-state index in [1.807, 2.05) is 36.5 Å². The van der Waals surface area contributed by atoms with E-state index in [4.69, 9.17) is 4.98 Å². The second-order valence-electron chi connectivity index (χ2n) is 8.06. The van der Waals surface area contributed by atoms with Gasteiger partial charge in [-0.2, -0.15) is 0 Å². The summed E-state index contributed by atoms with van der Waals surface area (Å²) in [4.78, 5) is 28.7. The molecule has 1 fully saturated rings. The number of H-pyrrole nitrogens is 1. The van der Waals surface area contributed by atoms with Gasteiger partial charge in [-0.25, -0.2) is 4.98 Å². The minimum atomic E-state index is -0.0700. The molecule has 1 saturated heterocycles. The predicted molar refractivity (Wildman–Crippen MR) is 120 cm³/mol. The number of piperidine rings is 1. The van der Waals surface area contributed by atoms with Crippen molar-refractivity contribution in [2.45, 2.75) is 31.7 Å². The van der Waals surface area contributed by atoms with Crippen LogP contribution in [0, 0.1) is 0 Å². The first-order valence-corrected chi connectivity index (χ1v) is 10.6. The van der Waals surface area contributed by atoms with Gasteiger partial charge >= 0.3 is 0 Å². The summed E-state index contributed by atoms with van der Waals surface area (Å²) in [5, 5.41) is 0. The number of pyridine rings is 1. The molecule has 0 amide bonds. The molecule has 0 atom stereocenters. The SMILES string of the molecule is CN(CCc1ccccc1)c1nc(C2CCN(Cc3cccnc3)CC2)cc(=O)[nH]1. The Morgan fingerprint density at radius 1 is 1.10 bits per heavy atom. The smallest absolute Gasteiger partial charge is 0.252 e. The molecular formula is C24H29N5O. The average Bonchev–Trinajstić information content (AvgIpc) is 2.79. The van der Waals surface area contributed by atoms with Gasteiger partial charge in [-0.15, -0.1) is 0 Å². The Morgan fingerprint density at radius 2 is 1.87 bits per heavy atom. The molecule has 0 radical (unpaired) electrons. The van der Waals surface area contributed by atoms with Crippen molar-refractivity contribution in [1.82, 2.24) is 19.9 Å². The summed E-state index contributed by atoms with van der Waals surface area (Å²) in [5.41, 5.74) is 3.37. The maximum absolute atomic E-state index is 12.3. The minimum absolute atomic E-state index is 0.0700. The molecule has 0 aliphatic carbocycles. The third-order valence-electron chi connectivity index (χ3n) is 5.82. The summed E-state index contributed by atoms with van der Waals surface area (Å²) in [6, 6.07) is 16.2. The highest BCUT2D eigenvalue weighted by molar-refractivity contribution is 5.31. The Balaban J connectivity index is 1.36. The van der Waals surface area contributed by atoms with Gasteiger partial charge in [-0.1, -0.05) is 36.4 Å². The van der Waals surface area contributed by atoms with Gasteiger partial charge in [-0.05, 0) is 49.5 Å². The van der Waals surface area contributed by atoms with Crippen molar-refractivity contribution in [3.05, 3.63) is 88.1 Å². The molecule has 30 heavy (non-hydrogen) atoms. The largest absolute Gasteiger partial charge is 0.345 e. The second-order valence-corrected chi connectivity index (χ2v) is 8.06. The molecule has 6 nitrogen and oxygen atoms in total. The number of likely N-dealkylation sites (N-methyl/N-ethyl adjacent to an activating group) is 1. The van der Waals surface area contributed by atoms with E-state index in [1.165, 1.54) is 11.1 Å². The molecule has 6 heteroatoms. The van der Waals surface area contributed by atoms with Crippen LogP contribution in [0.25, 0.3) is 0 Å². The zero-order valence-corrected chi connectivity index (χ0v) is 17.5. The number of rotatable bonds is 7. The maximum atomic E-state index is 12.3. The number of benzene rings is 1. The Morgan fingerprint density at radius 3 is 2.60 bits per heavy atom. The van der Waals surface area contributed by atoms with Crippen LogP contribution in [0.5, 0.6) is 0 Å². The van der Waals surface area contributed by atoms with E-state index in [9.17, 15) is 4.79 Å². The average molecular weight is 404 g/mol. The van der Waals surface area contributed by atoms with Crippen LogP contribution in [0.4, 0.5) is 5.95 Å². The molecule has 1 aliphatic rings. The van der Waals surface area contributed by atoms with Crippen LogP contribution >= 0.6 is 0 Å². The van der Waals surface area contributed by atoms with Crippen molar-refractivity contribution in [3.8, 4) is 0 Å². The number of anilines is 1. The quantitative estimate of drug-likeness (QED) is 0.656. The van der Waals surface area contributed by atoms with Gasteiger partial charge in [0.25, 0.3) is 5.56 Å². The van der Waals surface area contributed by atoms with Crippen LogP contribution in [0.2, 0.25) is 0 Å². The highest BCUT2D eigenvalue weighted by Gasteiger charge is 2.23. The van der Waals surface area contributed by atoms with Crippen LogP contribution in [0.1, 0.15) is 35.6 Å². The lowest BCUT2D eigenvalue weighted by molar-refractivity contribution is 0.203. The Labute approximate surface area is 177 Å². The maximum Gasteiger partial charge on any atom is 0.252 e. The standard InChI is InChI=1S/C24H29N5O/c1-28(13-9-19-6-3-2-4-7-19)24-26-22(16-23(30)27-24)21-10-14-29(15-11-21)18-20-8-5-12-25-17-20/h2-8,12,16-17,21H,9-11,13-15,18H2,1H3,(H,26,27,30). The first-order valence-electron chi connectivity index (χ1n) is 10.6. The monoisotopic (exact) mass is 403 g/mol. The lowest BCUT2D eigenvalue weighted by Gasteiger charge is -2.31. The molecule has 0 bridgehead atoms. The molecular weight excluding hydrogens is 374 g/mol. The van der Waals surface area contributed by atoms with Crippen LogP contribution in [-0.2, 0) is 13.0 Å². The van der Waals surface area contributed by atoms with Crippen molar-refractivity contribution in [1.29, 1.82) is 0 Å². The summed E-state index contributed by atoms with van der Waals surface area (Å²) in [5.74, 6) is 0.991. The summed E-state index contributed by atoms with van der Waals surface area (Å²) in [6.07, 6.45) is 6.69. The number of aromatic nitrogens is 3. The molecule has 0 unspecified atom stereocenters. The van der Waals surface area contributed by atoms with E-state index in [0.29, 0.717) is 11.9 Å². The van der Waals surface area contributed by atoms with Gasteiger partial charge < -0.3 is 4.90 Å². The minimum Gasteiger partial charge on any atom is -0.345 e. The van der Waals surface area contributed by atoms with Gasteiger partial charge in [0.05, 0.1) is 5.69 Å². The molecule has 156 valence electrons. The molecule has 1 aromatic carbocycles. The van der Waals surface area contributed by atoms with E-state index in [2.05, 4.69) is 45.2 Å². The fourth-order valence-corrected chi connectivity index (χ4v) is 4.04. The van der Waals surface area contributed by atoms with E-state index >= 15 is 0 Å². The molecule has 0 saturated carbocycles. The molecule has 3 heterocycles. The van der Waals surface area contributed by atoms with Crippen molar-refractivity contribution < 1.29 is 0 Å². The molecule has 2 aromatic heterocycles. The lowest BCUT2D eigenvalue weighted by atomic mass is 9.93. The van der Waals surface area contributed by atoms with E-state index in [-0.39, 0.29) is 5.56 Å². The number of aromatic amines is 1. The zero-order valence-electron chi connectivity index (χ0n) is 17.5. The van der Waals surface area contributed by atoms with Crippen LogP contribution in [-0.4, -0.2) is 46.5 Å². The second kappa shape index (κ2) is 9.67. The van der Waals surface area contributed by atoms with Crippen LogP contribution in [0.3, 0.4) is 0 Å². The number of nitrogens with zero attached hydrogens (tertiary/aromatic N) is 4. The van der Waals surface area contributed by atoms with E-state index < -0.39 is 0 Å². The molecule has 1 N–H and O–H groups in total. The normalized spacial score (nSPS) is 15.2. The van der Waals surface area contributed by atoms with Gasteiger partial charge in [0.2, 0.25) is 5.95 Å². The number of hydrogen-bond donors (Lipinski definition) is 1. The first-order chi connectivity index (χ1) is 14.7. The van der Waals surface area contributed by atoms with Crippen molar-refractivity contribution in [3.63, 3.8) is 0 Å². The zero-order chi connectivity index (χ0) is 20.8. The fourth-order valence-electron chi connectivity index (χ4n) is 4.04. The van der Waals surface area contributed by atoms with Crippen molar-refractivity contribution >= 4 is 5.95 Å². The fraction of sp³-hybridized carbons (Fsp3) is 0.375. The third kappa shape index (κ3) is 5.33. The predicted octanol–water partition coefficient (Wildman–Crippen LogP) is 3.22. The van der Waals surface area contributed by atoms with Gasteiger partial charge in [-0.3, -0.25) is 19.7 Å². The Bertz CT molecular complexity index is 981. The summed E-state index contributed by atoms with van der Waals surface area (Å²) in [6.45, 7) is 3.75. The van der Waals surface area contributed by atoms with Crippen LogP contribution in [0.15, 0.2) is 65.7 Å². The highest BCUT2D eigenvalue weighted by atomic mass is 16.1. The highest BCUT2D eigenvalue weighted by Crippen LogP contribution is 2.27. The Hall–Kier alpha value is -2.99. The number of hydrogen-bond acceptors (Lipinski definition) is 5. The topological polar surface area (TPSA) is 65.1 Å². The van der Waals surface area contributed by atoms with E-state index in [1.54, 1.807) is 6.07 Å². The Kier molecular flexibility index (Phi) is 6.54. The van der Waals surface area contributed by atoms with Gasteiger partial charge in [0.15, 0.2) is 0 Å². The molecule has 1 aliphatic heterocycles.